The highest BCUT2D eigenvalue weighted by atomic mass is 32.2. The largest absolute Gasteiger partial charge is 0.351 e. The molecule has 25 heavy (non-hydrogen) atoms. The minimum atomic E-state index is 0.0573. The topological polar surface area (TPSA) is 75.9 Å². The molecule has 2 fully saturated rings. The molecule has 1 aromatic heterocycles. The van der Waals surface area contributed by atoms with E-state index in [0.29, 0.717) is 11.8 Å². The third-order valence-corrected chi connectivity index (χ3v) is 5.51. The summed E-state index contributed by atoms with van der Waals surface area (Å²) < 4.78 is 1.84. The molecule has 0 unspecified atom stereocenters. The quantitative estimate of drug-likeness (QED) is 0.756. The Labute approximate surface area is 151 Å². The van der Waals surface area contributed by atoms with E-state index in [2.05, 4.69) is 50.0 Å². The summed E-state index contributed by atoms with van der Waals surface area (Å²) in [5.41, 5.74) is 1.32. The second-order valence-electron chi connectivity index (χ2n) is 6.70. The number of hydrogen-bond acceptors (Lipinski definition) is 6. The van der Waals surface area contributed by atoms with Gasteiger partial charge in [-0.3, -0.25) is 9.69 Å². The van der Waals surface area contributed by atoms with Gasteiger partial charge in [0.15, 0.2) is 0 Å². The molecule has 2 aliphatic rings. The summed E-state index contributed by atoms with van der Waals surface area (Å²) >= 11 is 1.42. The van der Waals surface area contributed by atoms with Crippen molar-refractivity contribution in [3.8, 4) is 0 Å². The highest BCUT2D eigenvalue weighted by Gasteiger charge is 2.28. The Morgan fingerprint density at radius 2 is 2.08 bits per heavy atom. The first kappa shape index (κ1) is 16.5. The number of amides is 1. The Balaban J connectivity index is 1.21. The van der Waals surface area contributed by atoms with Crippen LogP contribution in [0.25, 0.3) is 0 Å². The zero-order chi connectivity index (χ0) is 17.1. The maximum absolute atomic E-state index is 12.2. The van der Waals surface area contributed by atoms with Crippen molar-refractivity contribution in [1.29, 1.82) is 0 Å². The maximum atomic E-state index is 12.2. The van der Waals surface area contributed by atoms with Crippen LogP contribution in [0, 0.1) is 0 Å². The summed E-state index contributed by atoms with van der Waals surface area (Å²) in [7, 11) is 0. The number of aromatic nitrogens is 4. The van der Waals surface area contributed by atoms with Crippen molar-refractivity contribution in [2.45, 2.75) is 43.0 Å². The fraction of sp³-hybridized carbons (Fsp3) is 0.529. The van der Waals surface area contributed by atoms with Gasteiger partial charge in [0.05, 0.1) is 11.8 Å². The fourth-order valence-electron chi connectivity index (χ4n) is 3.16. The Morgan fingerprint density at radius 3 is 2.88 bits per heavy atom. The molecule has 1 N–H and O–H groups in total. The SMILES string of the molecule is O=C(CSc1nnnn1C1CC1)N[C@@H]1CCN(Cc2ccccc2)C1. The average Bonchev–Trinajstić information content (AvgIpc) is 3.20. The molecule has 0 radical (unpaired) electrons. The monoisotopic (exact) mass is 358 g/mol. The molecular weight excluding hydrogens is 336 g/mol. The predicted molar refractivity (Wildman–Crippen MR) is 95.1 cm³/mol. The second-order valence-corrected chi connectivity index (χ2v) is 7.64. The molecule has 0 bridgehead atoms. The van der Waals surface area contributed by atoms with E-state index in [0.717, 1.165) is 44.1 Å². The van der Waals surface area contributed by atoms with Crippen molar-refractivity contribution >= 4 is 17.7 Å². The zero-order valence-corrected chi connectivity index (χ0v) is 14.9. The number of carbonyl (C=O) groups is 1. The van der Waals surface area contributed by atoms with E-state index in [1.54, 1.807) is 0 Å². The van der Waals surface area contributed by atoms with Crippen LogP contribution in [-0.4, -0.2) is 55.9 Å². The summed E-state index contributed by atoms with van der Waals surface area (Å²) in [5.74, 6) is 0.421. The molecule has 1 atom stereocenters. The highest BCUT2D eigenvalue weighted by Crippen LogP contribution is 2.36. The lowest BCUT2D eigenvalue weighted by Crippen LogP contribution is -2.38. The lowest BCUT2D eigenvalue weighted by molar-refractivity contribution is -0.119. The van der Waals surface area contributed by atoms with Crippen LogP contribution in [0.1, 0.15) is 30.9 Å². The molecule has 1 saturated carbocycles. The number of carbonyl (C=O) groups excluding carboxylic acids is 1. The summed E-state index contributed by atoms with van der Waals surface area (Å²) in [4.78, 5) is 14.6. The normalized spacial score (nSPS) is 20.7. The van der Waals surface area contributed by atoms with Crippen molar-refractivity contribution in [3.63, 3.8) is 0 Å². The third kappa shape index (κ3) is 4.38. The van der Waals surface area contributed by atoms with Crippen LogP contribution in [0.3, 0.4) is 0 Å². The first-order chi connectivity index (χ1) is 12.3. The second kappa shape index (κ2) is 7.53. The van der Waals surface area contributed by atoms with Crippen molar-refractivity contribution in [2.24, 2.45) is 0 Å². The van der Waals surface area contributed by atoms with Crippen molar-refractivity contribution < 1.29 is 4.79 Å². The molecular formula is C17H22N6OS. The van der Waals surface area contributed by atoms with E-state index in [1.807, 2.05) is 10.7 Å². The molecule has 2 aromatic rings. The summed E-state index contributed by atoms with van der Waals surface area (Å²) in [6.45, 7) is 2.87. The van der Waals surface area contributed by atoms with Gasteiger partial charge in [-0.05, 0) is 35.3 Å². The van der Waals surface area contributed by atoms with Crippen LogP contribution >= 0.6 is 11.8 Å². The van der Waals surface area contributed by atoms with E-state index in [9.17, 15) is 4.79 Å². The van der Waals surface area contributed by atoms with Gasteiger partial charge in [-0.25, -0.2) is 4.68 Å². The molecule has 7 nitrogen and oxygen atoms in total. The minimum absolute atomic E-state index is 0.0573. The first-order valence-electron chi connectivity index (χ1n) is 8.74. The fourth-order valence-corrected chi connectivity index (χ4v) is 3.92. The van der Waals surface area contributed by atoms with Gasteiger partial charge in [-0.15, -0.1) is 5.10 Å². The van der Waals surface area contributed by atoms with E-state index in [4.69, 9.17) is 0 Å². The smallest absolute Gasteiger partial charge is 0.230 e. The van der Waals surface area contributed by atoms with Gasteiger partial charge in [-0.1, -0.05) is 42.1 Å². The van der Waals surface area contributed by atoms with Crippen LogP contribution < -0.4 is 5.32 Å². The average molecular weight is 358 g/mol. The third-order valence-electron chi connectivity index (χ3n) is 4.57. The van der Waals surface area contributed by atoms with Crippen molar-refractivity contribution in [3.05, 3.63) is 35.9 Å². The van der Waals surface area contributed by atoms with Gasteiger partial charge in [0.2, 0.25) is 11.1 Å². The number of tetrazole rings is 1. The van der Waals surface area contributed by atoms with E-state index >= 15 is 0 Å². The van der Waals surface area contributed by atoms with Gasteiger partial charge in [0, 0.05) is 25.7 Å². The van der Waals surface area contributed by atoms with Gasteiger partial charge in [0.1, 0.15) is 0 Å². The van der Waals surface area contributed by atoms with Gasteiger partial charge in [0.25, 0.3) is 0 Å². The summed E-state index contributed by atoms with van der Waals surface area (Å²) in [5, 5.41) is 15.6. The molecule has 1 aliphatic heterocycles. The maximum Gasteiger partial charge on any atom is 0.230 e. The Bertz CT molecular complexity index is 717. The molecule has 0 spiro atoms. The van der Waals surface area contributed by atoms with E-state index in [-0.39, 0.29) is 11.9 Å². The lowest BCUT2D eigenvalue weighted by Gasteiger charge is -2.16. The number of nitrogens with one attached hydrogen (secondary N) is 1. The van der Waals surface area contributed by atoms with Crippen LogP contribution in [-0.2, 0) is 11.3 Å². The van der Waals surface area contributed by atoms with E-state index < -0.39 is 0 Å². The number of thioether (sulfide) groups is 1. The Kier molecular flexibility index (Phi) is 4.98. The van der Waals surface area contributed by atoms with Crippen LogP contribution in [0.5, 0.6) is 0 Å². The van der Waals surface area contributed by atoms with Crippen molar-refractivity contribution in [1.82, 2.24) is 30.4 Å². The zero-order valence-electron chi connectivity index (χ0n) is 14.0. The van der Waals surface area contributed by atoms with Gasteiger partial charge < -0.3 is 5.32 Å². The van der Waals surface area contributed by atoms with Gasteiger partial charge in [-0.2, -0.15) is 0 Å². The number of nitrogens with zero attached hydrogens (tertiary/aromatic N) is 5. The first-order valence-corrected chi connectivity index (χ1v) is 9.73. The Hall–Kier alpha value is -1.93. The number of rotatable bonds is 7. The molecule has 2 heterocycles. The molecule has 1 aromatic carbocycles. The lowest BCUT2D eigenvalue weighted by atomic mass is 10.2. The molecule has 1 aliphatic carbocycles. The summed E-state index contributed by atoms with van der Waals surface area (Å²) in [6.07, 6.45) is 3.26. The standard InChI is InChI=1S/C17H22N6OS/c24-16(12-25-17-19-20-21-23(17)15-6-7-15)18-14-8-9-22(11-14)10-13-4-2-1-3-5-13/h1-5,14-15H,6-12H2,(H,18,24)/t14-/m1/s1. The molecule has 1 amide bonds. The number of likely N-dealkylation sites (tertiary alicyclic amines) is 1. The number of benzene rings is 1. The van der Waals surface area contributed by atoms with Crippen LogP contribution in [0.4, 0.5) is 0 Å². The Morgan fingerprint density at radius 1 is 1.24 bits per heavy atom. The number of hydrogen-bond donors (Lipinski definition) is 1. The van der Waals surface area contributed by atoms with E-state index in [1.165, 1.54) is 17.3 Å². The summed E-state index contributed by atoms with van der Waals surface area (Å²) in [6, 6.07) is 11.1. The molecule has 1 saturated heterocycles. The predicted octanol–water partition coefficient (Wildman–Crippen LogP) is 1.49. The van der Waals surface area contributed by atoms with Crippen molar-refractivity contribution in [2.75, 3.05) is 18.8 Å². The van der Waals surface area contributed by atoms with Crippen LogP contribution in [0.15, 0.2) is 35.5 Å². The molecule has 132 valence electrons. The van der Waals surface area contributed by atoms with Crippen LogP contribution in [0.2, 0.25) is 0 Å². The minimum Gasteiger partial charge on any atom is -0.351 e. The van der Waals surface area contributed by atoms with Gasteiger partial charge >= 0.3 is 0 Å². The molecule has 4 rings (SSSR count). The highest BCUT2D eigenvalue weighted by molar-refractivity contribution is 7.99. The molecule has 8 heteroatoms.